The fraction of sp³-hybridized carbons (Fsp3) is 0.583. The first-order valence-corrected chi connectivity index (χ1v) is 6.47. The third-order valence-electron chi connectivity index (χ3n) is 3.23. The van der Waals surface area contributed by atoms with E-state index in [1.165, 1.54) is 12.8 Å². The van der Waals surface area contributed by atoms with E-state index in [0.29, 0.717) is 12.0 Å². The maximum absolute atomic E-state index is 4.60. The van der Waals surface area contributed by atoms with Crippen molar-refractivity contribution in [1.82, 2.24) is 19.9 Å². The lowest BCUT2D eigenvalue weighted by Gasteiger charge is -2.18. The molecule has 3 rings (SSSR count). The summed E-state index contributed by atoms with van der Waals surface area (Å²) in [4.78, 5) is 18.6. The molecule has 0 radical (unpaired) electrons. The first-order valence-electron chi connectivity index (χ1n) is 6.47. The summed E-state index contributed by atoms with van der Waals surface area (Å²) >= 11 is 0. The second-order valence-electron chi connectivity index (χ2n) is 4.74. The van der Waals surface area contributed by atoms with Gasteiger partial charge in [0, 0.05) is 19.6 Å². The summed E-state index contributed by atoms with van der Waals surface area (Å²) in [6, 6.07) is 0.616. The van der Waals surface area contributed by atoms with Gasteiger partial charge in [0.2, 0.25) is 5.95 Å². The first kappa shape index (κ1) is 11.3. The van der Waals surface area contributed by atoms with Crippen LogP contribution in [-0.4, -0.2) is 39.6 Å². The second-order valence-corrected chi connectivity index (χ2v) is 4.74. The number of imidazole rings is 1. The van der Waals surface area contributed by atoms with Crippen molar-refractivity contribution in [2.24, 2.45) is 0 Å². The summed E-state index contributed by atoms with van der Waals surface area (Å²) in [5.74, 6) is 1.61. The van der Waals surface area contributed by atoms with Gasteiger partial charge in [-0.15, -0.1) is 0 Å². The Labute approximate surface area is 106 Å². The fourth-order valence-corrected chi connectivity index (χ4v) is 2.02. The highest BCUT2D eigenvalue weighted by Crippen LogP contribution is 2.32. The van der Waals surface area contributed by atoms with Gasteiger partial charge in [-0.25, -0.2) is 4.98 Å². The lowest BCUT2D eigenvalue weighted by atomic mass is 10.4. The summed E-state index contributed by atoms with van der Waals surface area (Å²) in [6.45, 7) is 3.00. The van der Waals surface area contributed by atoms with E-state index in [-0.39, 0.29) is 0 Å². The Kier molecular flexibility index (Phi) is 2.77. The lowest BCUT2D eigenvalue weighted by Crippen LogP contribution is -2.22. The zero-order valence-electron chi connectivity index (χ0n) is 10.8. The molecule has 1 fully saturated rings. The number of hydrogen-bond donors (Lipinski definition) is 2. The molecule has 2 heterocycles. The molecular formula is C12H18N6. The number of fused-ring (bicyclic) bond motifs is 1. The van der Waals surface area contributed by atoms with E-state index in [4.69, 9.17) is 0 Å². The highest BCUT2D eigenvalue weighted by atomic mass is 15.3. The topological polar surface area (TPSA) is 69.7 Å². The van der Waals surface area contributed by atoms with Gasteiger partial charge < -0.3 is 15.2 Å². The molecule has 6 nitrogen and oxygen atoms in total. The zero-order valence-corrected chi connectivity index (χ0v) is 10.8. The number of nitrogens with one attached hydrogen (secondary N) is 2. The van der Waals surface area contributed by atoms with Crippen molar-refractivity contribution >= 4 is 22.9 Å². The Morgan fingerprint density at radius 1 is 1.44 bits per heavy atom. The quantitative estimate of drug-likeness (QED) is 0.841. The van der Waals surface area contributed by atoms with Gasteiger partial charge in [0.05, 0.1) is 6.33 Å². The predicted octanol–water partition coefficient (Wildman–Crippen LogP) is 1.77. The molecule has 0 unspecified atom stereocenters. The van der Waals surface area contributed by atoms with Crippen molar-refractivity contribution in [2.45, 2.75) is 32.2 Å². The van der Waals surface area contributed by atoms with E-state index >= 15 is 0 Å². The van der Waals surface area contributed by atoms with Crippen molar-refractivity contribution < 1.29 is 0 Å². The Bertz CT molecular complexity index is 544. The Hall–Kier alpha value is -1.85. The van der Waals surface area contributed by atoms with Crippen LogP contribution >= 0.6 is 0 Å². The van der Waals surface area contributed by atoms with Gasteiger partial charge in [0.1, 0.15) is 5.52 Å². The maximum atomic E-state index is 4.60. The number of H-pyrrole nitrogens is 1. The first-order chi connectivity index (χ1) is 8.79. The molecule has 1 aliphatic carbocycles. The minimum Gasteiger partial charge on any atom is -0.355 e. The number of aromatic nitrogens is 4. The molecule has 18 heavy (non-hydrogen) atoms. The van der Waals surface area contributed by atoms with Gasteiger partial charge in [-0.1, -0.05) is 6.92 Å². The molecule has 0 bridgehead atoms. The number of aromatic amines is 1. The van der Waals surface area contributed by atoms with Crippen LogP contribution < -0.4 is 10.2 Å². The molecule has 0 aliphatic heterocycles. The van der Waals surface area contributed by atoms with Gasteiger partial charge in [0.15, 0.2) is 11.5 Å². The van der Waals surface area contributed by atoms with Crippen LogP contribution in [0.1, 0.15) is 26.2 Å². The third-order valence-corrected chi connectivity index (χ3v) is 3.23. The fourth-order valence-electron chi connectivity index (χ4n) is 2.02. The molecular weight excluding hydrogens is 228 g/mol. The van der Waals surface area contributed by atoms with Crippen LogP contribution in [0.15, 0.2) is 6.33 Å². The van der Waals surface area contributed by atoms with Crippen molar-refractivity contribution in [3.8, 4) is 0 Å². The van der Waals surface area contributed by atoms with Gasteiger partial charge in [-0.05, 0) is 19.3 Å². The Morgan fingerprint density at radius 2 is 2.28 bits per heavy atom. The van der Waals surface area contributed by atoms with Crippen molar-refractivity contribution in [3.05, 3.63) is 6.33 Å². The summed E-state index contributed by atoms with van der Waals surface area (Å²) in [5.41, 5.74) is 1.65. The second kappa shape index (κ2) is 4.44. The van der Waals surface area contributed by atoms with E-state index in [2.05, 4.69) is 44.1 Å². The number of anilines is 2. The van der Waals surface area contributed by atoms with E-state index < -0.39 is 0 Å². The smallest absolute Gasteiger partial charge is 0.226 e. The largest absolute Gasteiger partial charge is 0.355 e. The molecule has 0 spiro atoms. The van der Waals surface area contributed by atoms with Crippen LogP contribution in [0.5, 0.6) is 0 Å². The van der Waals surface area contributed by atoms with E-state index in [1.807, 2.05) is 0 Å². The Morgan fingerprint density at radius 3 is 3.00 bits per heavy atom. The normalized spacial score (nSPS) is 15.0. The predicted molar refractivity (Wildman–Crippen MR) is 71.9 cm³/mol. The van der Waals surface area contributed by atoms with Crippen molar-refractivity contribution in [2.75, 3.05) is 23.8 Å². The molecule has 96 valence electrons. The highest BCUT2D eigenvalue weighted by molar-refractivity contribution is 5.84. The minimum atomic E-state index is 0.616. The number of nitrogens with zero attached hydrogens (tertiary/aromatic N) is 4. The molecule has 0 saturated heterocycles. The summed E-state index contributed by atoms with van der Waals surface area (Å²) in [5, 5.41) is 3.23. The van der Waals surface area contributed by atoms with Crippen molar-refractivity contribution in [3.63, 3.8) is 0 Å². The van der Waals surface area contributed by atoms with E-state index in [0.717, 1.165) is 29.9 Å². The SMILES string of the molecule is CCCNc1nc(N(C)C2CC2)c2[nH]cnc2n1. The molecule has 0 amide bonds. The maximum Gasteiger partial charge on any atom is 0.226 e. The molecule has 2 N–H and O–H groups in total. The number of hydrogen-bond acceptors (Lipinski definition) is 5. The molecule has 2 aromatic rings. The third kappa shape index (κ3) is 1.98. The average Bonchev–Trinajstić information content (AvgIpc) is 3.13. The van der Waals surface area contributed by atoms with Crippen LogP contribution in [0, 0.1) is 0 Å². The molecule has 1 saturated carbocycles. The summed E-state index contributed by atoms with van der Waals surface area (Å²) in [6.07, 6.45) is 5.21. The van der Waals surface area contributed by atoms with Gasteiger partial charge in [-0.3, -0.25) is 0 Å². The van der Waals surface area contributed by atoms with E-state index in [9.17, 15) is 0 Å². The zero-order chi connectivity index (χ0) is 12.5. The van der Waals surface area contributed by atoms with E-state index in [1.54, 1.807) is 6.33 Å². The van der Waals surface area contributed by atoms with Crippen molar-refractivity contribution in [1.29, 1.82) is 0 Å². The monoisotopic (exact) mass is 246 g/mol. The lowest BCUT2D eigenvalue weighted by molar-refractivity contribution is 0.887. The van der Waals surface area contributed by atoms with Crippen LogP contribution in [-0.2, 0) is 0 Å². The summed E-state index contributed by atoms with van der Waals surface area (Å²) in [7, 11) is 2.09. The van der Waals surface area contributed by atoms with Gasteiger partial charge >= 0.3 is 0 Å². The number of rotatable bonds is 5. The Balaban J connectivity index is 2.00. The minimum absolute atomic E-state index is 0.616. The summed E-state index contributed by atoms with van der Waals surface area (Å²) < 4.78 is 0. The standard InChI is InChI=1S/C12H18N6/c1-3-6-13-12-16-10-9(14-7-15-10)11(17-12)18(2)8-4-5-8/h7-8H,3-6H2,1-2H3,(H2,13,14,15,16,17). The van der Waals surface area contributed by atoms with Crippen LogP contribution in [0.3, 0.4) is 0 Å². The molecule has 0 atom stereocenters. The van der Waals surface area contributed by atoms with Gasteiger partial charge in [-0.2, -0.15) is 9.97 Å². The van der Waals surface area contributed by atoms with Crippen LogP contribution in [0.25, 0.3) is 11.2 Å². The van der Waals surface area contributed by atoms with Gasteiger partial charge in [0.25, 0.3) is 0 Å². The van der Waals surface area contributed by atoms with Crippen LogP contribution in [0.2, 0.25) is 0 Å². The average molecular weight is 246 g/mol. The molecule has 2 aromatic heterocycles. The molecule has 6 heteroatoms. The molecule has 0 aromatic carbocycles. The van der Waals surface area contributed by atoms with Crippen LogP contribution in [0.4, 0.5) is 11.8 Å². The highest BCUT2D eigenvalue weighted by Gasteiger charge is 2.29. The molecule has 1 aliphatic rings.